The quantitative estimate of drug-likeness (QED) is 0.460. The first-order chi connectivity index (χ1) is 16.4. The van der Waals surface area contributed by atoms with Crippen molar-refractivity contribution in [2.75, 3.05) is 19.0 Å². The maximum Gasteiger partial charge on any atom is 0.254 e. The lowest BCUT2D eigenvalue weighted by Gasteiger charge is -2.26. The highest BCUT2D eigenvalue weighted by Gasteiger charge is 2.22. The van der Waals surface area contributed by atoms with Crippen molar-refractivity contribution in [3.63, 3.8) is 0 Å². The molecule has 0 fully saturated rings. The highest BCUT2D eigenvalue weighted by Crippen LogP contribution is 2.17. The van der Waals surface area contributed by atoms with Crippen molar-refractivity contribution >= 4 is 34.2 Å². The summed E-state index contributed by atoms with van der Waals surface area (Å²) in [5.74, 6) is -0.135. The number of ether oxygens (including phenoxy) is 1. The number of carbonyl (C=O) groups is 3. The van der Waals surface area contributed by atoms with E-state index in [0.717, 1.165) is 5.56 Å². The number of hydrogen-bond donors (Lipinski definition) is 2. The number of pyridine rings is 1. The van der Waals surface area contributed by atoms with Crippen LogP contribution in [0.25, 0.3) is 0 Å². The van der Waals surface area contributed by atoms with Gasteiger partial charge in [-0.05, 0) is 55.8 Å². The van der Waals surface area contributed by atoms with Gasteiger partial charge in [0.1, 0.15) is 12.3 Å². The zero-order valence-corrected chi connectivity index (χ0v) is 20.1. The molecule has 34 heavy (non-hydrogen) atoms. The standard InChI is InChI=1S/C24H27N5O4S/c1-16(2)29(23(32)18-4-6-20(33-3)7-5-18)14-22(31)28-24-27-19(15-34-24)12-21(30)26-13-17-8-10-25-11-9-17/h4-11,15-16H,12-14H2,1-3H3,(H,26,30)(H,27,28,31). The van der Waals surface area contributed by atoms with Crippen LogP contribution in [0.3, 0.4) is 0 Å². The van der Waals surface area contributed by atoms with E-state index >= 15 is 0 Å². The molecule has 3 amide bonds. The van der Waals surface area contributed by atoms with Crippen LogP contribution < -0.4 is 15.4 Å². The van der Waals surface area contributed by atoms with Crippen molar-refractivity contribution in [1.82, 2.24) is 20.2 Å². The van der Waals surface area contributed by atoms with E-state index in [4.69, 9.17) is 4.74 Å². The van der Waals surface area contributed by atoms with Crippen LogP contribution in [0, 0.1) is 0 Å². The molecule has 178 valence electrons. The lowest BCUT2D eigenvalue weighted by molar-refractivity contribution is -0.120. The molecule has 0 unspecified atom stereocenters. The van der Waals surface area contributed by atoms with Crippen molar-refractivity contribution in [3.05, 3.63) is 71.0 Å². The van der Waals surface area contributed by atoms with E-state index in [1.165, 1.54) is 16.2 Å². The number of hydrogen-bond acceptors (Lipinski definition) is 7. The highest BCUT2D eigenvalue weighted by molar-refractivity contribution is 7.13. The van der Waals surface area contributed by atoms with Gasteiger partial charge in [-0.15, -0.1) is 11.3 Å². The molecule has 10 heteroatoms. The van der Waals surface area contributed by atoms with Gasteiger partial charge in [0.25, 0.3) is 5.91 Å². The van der Waals surface area contributed by atoms with E-state index in [9.17, 15) is 14.4 Å². The van der Waals surface area contributed by atoms with E-state index in [1.807, 2.05) is 26.0 Å². The molecule has 2 N–H and O–H groups in total. The molecule has 3 aromatic rings. The van der Waals surface area contributed by atoms with E-state index in [2.05, 4.69) is 20.6 Å². The Labute approximate surface area is 202 Å². The average molecular weight is 482 g/mol. The molecule has 0 aliphatic rings. The Morgan fingerprint density at radius 1 is 1.06 bits per heavy atom. The molecular weight excluding hydrogens is 454 g/mol. The first-order valence-corrected chi connectivity index (χ1v) is 11.6. The van der Waals surface area contributed by atoms with Gasteiger partial charge in [0.15, 0.2) is 5.13 Å². The maximum atomic E-state index is 12.9. The minimum absolute atomic E-state index is 0.103. The van der Waals surface area contributed by atoms with Crippen LogP contribution in [0.2, 0.25) is 0 Å². The van der Waals surface area contributed by atoms with Crippen LogP contribution in [0.15, 0.2) is 54.2 Å². The molecule has 0 radical (unpaired) electrons. The van der Waals surface area contributed by atoms with Crippen LogP contribution in [0.4, 0.5) is 5.13 Å². The molecule has 0 saturated heterocycles. The number of carbonyl (C=O) groups excluding carboxylic acids is 3. The zero-order chi connectivity index (χ0) is 24.5. The Morgan fingerprint density at radius 3 is 2.41 bits per heavy atom. The summed E-state index contributed by atoms with van der Waals surface area (Å²) in [5, 5.41) is 7.65. The lowest BCUT2D eigenvalue weighted by atomic mass is 10.1. The Kier molecular flexibility index (Phi) is 8.69. The minimum atomic E-state index is -0.362. The molecule has 0 spiro atoms. The summed E-state index contributed by atoms with van der Waals surface area (Å²) >= 11 is 1.23. The fraction of sp³-hybridized carbons (Fsp3) is 0.292. The first-order valence-electron chi connectivity index (χ1n) is 10.7. The summed E-state index contributed by atoms with van der Waals surface area (Å²) in [5.41, 5.74) is 1.98. The van der Waals surface area contributed by atoms with Crippen molar-refractivity contribution in [2.45, 2.75) is 32.9 Å². The van der Waals surface area contributed by atoms with Gasteiger partial charge in [-0.2, -0.15) is 0 Å². The molecule has 0 bridgehead atoms. The van der Waals surface area contributed by atoms with Crippen molar-refractivity contribution in [2.24, 2.45) is 0 Å². The second-order valence-electron chi connectivity index (χ2n) is 7.76. The molecule has 0 aliphatic heterocycles. The largest absolute Gasteiger partial charge is 0.497 e. The zero-order valence-electron chi connectivity index (χ0n) is 19.3. The molecule has 9 nitrogen and oxygen atoms in total. The minimum Gasteiger partial charge on any atom is -0.497 e. The number of rotatable bonds is 10. The first kappa shape index (κ1) is 24.8. The Hall–Kier alpha value is -3.79. The summed E-state index contributed by atoms with van der Waals surface area (Å²) in [6.07, 6.45) is 3.44. The second kappa shape index (κ2) is 11.9. The Bertz CT molecular complexity index is 1120. The Balaban J connectivity index is 1.53. The predicted molar refractivity (Wildman–Crippen MR) is 130 cm³/mol. The third kappa shape index (κ3) is 7.11. The topological polar surface area (TPSA) is 114 Å². The van der Waals surface area contributed by atoms with E-state index in [0.29, 0.717) is 28.7 Å². The Morgan fingerprint density at radius 2 is 1.76 bits per heavy atom. The number of nitrogens with one attached hydrogen (secondary N) is 2. The highest BCUT2D eigenvalue weighted by atomic mass is 32.1. The SMILES string of the molecule is COc1ccc(C(=O)N(CC(=O)Nc2nc(CC(=O)NCc3ccncc3)cs2)C(C)C)cc1. The van der Waals surface area contributed by atoms with Crippen LogP contribution in [0.1, 0.15) is 35.5 Å². The van der Waals surface area contributed by atoms with Crippen LogP contribution >= 0.6 is 11.3 Å². The van der Waals surface area contributed by atoms with Gasteiger partial charge >= 0.3 is 0 Å². The molecule has 0 aliphatic carbocycles. The van der Waals surface area contributed by atoms with E-state index in [-0.39, 0.29) is 36.7 Å². The monoisotopic (exact) mass is 481 g/mol. The third-order valence-electron chi connectivity index (χ3n) is 4.91. The molecule has 1 aromatic carbocycles. The number of methoxy groups -OCH3 is 1. The third-order valence-corrected chi connectivity index (χ3v) is 5.72. The normalized spacial score (nSPS) is 10.6. The molecule has 0 saturated carbocycles. The second-order valence-corrected chi connectivity index (χ2v) is 8.61. The number of nitrogens with zero attached hydrogens (tertiary/aromatic N) is 3. The van der Waals surface area contributed by atoms with Gasteiger partial charge in [-0.3, -0.25) is 19.4 Å². The van der Waals surface area contributed by atoms with Crippen LogP contribution in [-0.4, -0.2) is 52.3 Å². The van der Waals surface area contributed by atoms with Gasteiger partial charge < -0.3 is 20.3 Å². The van der Waals surface area contributed by atoms with Crippen molar-refractivity contribution < 1.29 is 19.1 Å². The fourth-order valence-electron chi connectivity index (χ4n) is 3.08. The van der Waals surface area contributed by atoms with E-state index in [1.54, 1.807) is 49.1 Å². The maximum absolute atomic E-state index is 12.9. The van der Waals surface area contributed by atoms with Crippen molar-refractivity contribution in [3.8, 4) is 5.75 Å². The summed E-state index contributed by atoms with van der Waals surface area (Å²) in [6, 6.07) is 10.2. The molecule has 2 aromatic heterocycles. The van der Waals surface area contributed by atoms with Crippen LogP contribution in [-0.2, 0) is 22.6 Å². The number of anilines is 1. The molecule has 2 heterocycles. The number of aromatic nitrogens is 2. The molecule has 3 rings (SSSR count). The summed E-state index contributed by atoms with van der Waals surface area (Å²) in [6.45, 7) is 3.98. The molecular formula is C24H27N5O4S. The van der Waals surface area contributed by atoms with Gasteiger partial charge in [0, 0.05) is 35.9 Å². The van der Waals surface area contributed by atoms with Crippen LogP contribution in [0.5, 0.6) is 5.75 Å². The van der Waals surface area contributed by atoms with Gasteiger partial charge in [-0.1, -0.05) is 0 Å². The number of benzene rings is 1. The van der Waals surface area contributed by atoms with Crippen molar-refractivity contribution in [1.29, 1.82) is 0 Å². The predicted octanol–water partition coefficient (Wildman–Crippen LogP) is 2.89. The lowest BCUT2D eigenvalue weighted by Crippen LogP contribution is -2.42. The number of thiazole rings is 1. The average Bonchev–Trinajstić information content (AvgIpc) is 3.27. The van der Waals surface area contributed by atoms with Gasteiger partial charge in [-0.25, -0.2) is 4.98 Å². The fourth-order valence-corrected chi connectivity index (χ4v) is 3.80. The molecule has 0 atom stereocenters. The van der Waals surface area contributed by atoms with E-state index < -0.39 is 0 Å². The smallest absolute Gasteiger partial charge is 0.254 e. The number of amides is 3. The summed E-state index contributed by atoms with van der Waals surface area (Å²) in [7, 11) is 1.56. The summed E-state index contributed by atoms with van der Waals surface area (Å²) in [4.78, 5) is 47.5. The summed E-state index contributed by atoms with van der Waals surface area (Å²) < 4.78 is 5.13. The van der Waals surface area contributed by atoms with Gasteiger partial charge in [0.05, 0.1) is 19.2 Å². The van der Waals surface area contributed by atoms with Gasteiger partial charge in [0.2, 0.25) is 11.8 Å².